The van der Waals surface area contributed by atoms with Gasteiger partial charge in [0.1, 0.15) is 35.3 Å². The number of anilines is 2. The summed E-state index contributed by atoms with van der Waals surface area (Å²) in [5.74, 6) is 0.315. The molecule has 64 heavy (non-hydrogen) atoms. The van der Waals surface area contributed by atoms with E-state index in [9.17, 15) is 14.4 Å². The number of aromatic nitrogens is 3. The maximum atomic E-state index is 15.0. The van der Waals surface area contributed by atoms with Crippen LogP contribution in [-0.2, 0) is 10.9 Å². The molecule has 0 spiro atoms. The molecule has 0 unspecified atom stereocenters. The summed E-state index contributed by atoms with van der Waals surface area (Å²) in [6.45, 7) is 7.98. The highest BCUT2D eigenvalue weighted by Crippen LogP contribution is 2.49. The minimum atomic E-state index is -4.95. The number of carbonyl (C=O) groups is 3. The van der Waals surface area contributed by atoms with Gasteiger partial charge in [-0.25, -0.2) is 14.7 Å². The Morgan fingerprint density at radius 2 is 1.44 bits per heavy atom. The Hall–Kier alpha value is -6.20. The molecule has 2 saturated heterocycles. The van der Waals surface area contributed by atoms with Crippen LogP contribution in [0.5, 0.6) is 17.5 Å². The Bertz CT molecular complexity index is 2520. The standard InChI is InChI=1S/C46H47ClF3N7O7/c1-45(2,3)64-44(60)56-19-17-55(18-20-56)40-33-22-35(47)32(23-36(33)51-43(53-40)63-25-37-31-21-28(31)24-54(37)4)39-34(46(48,49)50)15-16-38(52-39)57(41(58)26-7-11-29(61-5)12-8-26)42(59)27-9-13-30(62-6)14-10-27/h7-16,22-23,28,31,37H,17-21,24-25H2,1-6H3/t28-,31-,37+/m0/s1. The number of likely N-dealkylation sites (N-methyl/N-ethyl adjacent to an activating group) is 1. The Labute approximate surface area is 372 Å². The van der Waals surface area contributed by atoms with Gasteiger partial charge in [-0.2, -0.15) is 23.1 Å². The van der Waals surface area contributed by atoms with Crippen LogP contribution in [0, 0.1) is 11.8 Å². The van der Waals surface area contributed by atoms with E-state index in [1.165, 1.54) is 74.9 Å². The number of pyridine rings is 1. The third kappa shape index (κ3) is 9.22. The number of methoxy groups -OCH3 is 2. The number of imide groups is 1. The van der Waals surface area contributed by atoms with Crippen LogP contribution in [0.25, 0.3) is 22.2 Å². The maximum Gasteiger partial charge on any atom is 0.418 e. The Balaban J connectivity index is 1.22. The van der Waals surface area contributed by atoms with Crippen molar-refractivity contribution in [1.82, 2.24) is 24.8 Å². The number of hydrogen-bond acceptors (Lipinski definition) is 12. The fourth-order valence-electron chi connectivity index (χ4n) is 8.25. The minimum Gasteiger partial charge on any atom is -0.497 e. The zero-order valence-corrected chi connectivity index (χ0v) is 36.9. The number of benzene rings is 3. The fraction of sp³-hybridized carbons (Fsp3) is 0.391. The van der Waals surface area contributed by atoms with Crippen LogP contribution in [0.4, 0.5) is 29.6 Å². The first-order valence-electron chi connectivity index (χ1n) is 20.7. The van der Waals surface area contributed by atoms with Crippen LogP contribution in [0.1, 0.15) is 53.5 Å². The second-order valence-corrected chi connectivity index (χ2v) is 17.5. The zero-order chi connectivity index (χ0) is 45.7. The van der Waals surface area contributed by atoms with Crippen molar-refractivity contribution < 1.29 is 46.5 Å². The van der Waals surface area contributed by atoms with E-state index >= 15 is 13.2 Å². The average Bonchev–Trinajstić information content (AvgIpc) is 3.95. The first kappa shape index (κ1) is 44.4. The smallest absolute Gasteiger partial charge is 0.418 e. The lowest BCUT2D eigenvalue weighted by atomic mass is 10.0. The monoisotopic (exact) mass is 901 g/mol. The molecular weight excluding hydrogens is 855 g/mol. The summed E-state index contributed by atoms with van der Waals surface area (Å²) in [7, 11) is 4.95. The van der Waals surface area contributed by atoms with Gasteiger partial charge in [0.05, 0.1) is 36.0 Å². The van der Waals surface area contributed by atoms with E-state index in [0.29, 0.717) is 67.3 Å². The van der Waals surface area contributed by atoms with Crippen molar-refractivity contribution in [2.45, 2.75) is 45.0 Å². The molecule has 8 rings (SSSR count). The van der Waals surface area contributed by atoms with Gasteiger partial charge in [0.25, 0.3) is 11.8 Å². The highest BCUT2D eigenvalue weighted by atomic mass is 35.5. The summed E-state index contributed by atoms with van der Waals surface area (Å²) in [5, 5.41) is 0.290. The first-order valence-corrected chi connectivity index (χ1v) is 21.1. The van der Waals surface area contributed by atoms with E-state index < -0.39 is 46.8 Å². The van der Waals surface area contributed by atoms with Gasteiger partial charge >= 0.3 is 18.3 Å². The number of piperazine rings is 1. The molecule has 4 heterocycles. The molecule has 2 aliphatic heterocycles. The van der Waals surface area contributed by atoms with E-state index in [-0.39, 0.29) is 39.3 Å². The normalized spacial score (nSPS) is 18.7. The van der Waals surface area contributed by atoms with Gasteiger partial charge in [-0.05, 0) is 119 Å². The number of alkyl halides is 3. The van der Waals surface area contributed by atoms with Gasteiger partial charge in [-0.1, -0.05) is 11.6 Å². The van der Waals surface area contributed by atoms with E-state index in [0.717, 1.165) is 30.0 Å². The number of rotatable bonds is 10. The van der Waals surface area contributed by atoms with Crippen LogP contribution in [-0.4, -0.2) is 115 Å². The SMILES string of the molecule is COc1ccc(C(=O)N(C(=O)c2ccc(OC)cc2)c2ccc(C(F)(F)F)c(-c3cc4nc(OC[C@@H]5[C@H]6C[C@H]6CN5C)nc(N5CCN(C(=O)OC(C)(C)C)CC5)c4cc3Cl)n2)cc1. The molecule has 3 amide bonds. The molecule has 3 fully saturated rings. The molecule has 3 aromatic carbocycles. The maximum absolute atomic E-state index is 15.0. The molecule has 0 N–H and O–H groups in total. The number of hydrogen-bond donors (Lipinski definition) is 0. The first-order chi connectivity index (χ1) is 30.4. The average molecular weight is 902 g/mol. The highest BCUT2D eigenvalue weighted by Gasteiger charge is 2.51. The predicted molar refractivity (Wildman–Crippen MR) is 233 cm³/mol. The Morgan fingerprint density at radius 3 is 1.97 bits per heavy atom. The number of ether oxygens (including phenoxy) is 4. The predicted octanol–water partition coefficient (Wildman–Crippen LogP) is 8.25. The summed E-state index contributed by atoms with van der Waals surface area (Å²) in [4.78, 5) is 62.0. The van der Waals surface area contributed by atoms with Gasteiger partial charge in [0.2, 0.25) is 0 Å². The van der Waals surface area contributed by atoms with Gasteiger partial charge < -0.3 is 28.7 Å². The molecule has 336 valence electrons. The number of nitrogens with zero attached hydrogens (tertiary/aromatic N) is 7. The Kier molecular flexibility index (Phi) is 12.1. The third-order valence-corrected chi connectivity index (χ3v) is 12.0. The number of halogens is 4. The topological polar surface area (TPSA) is 140 Å². The van der Waals surface area contributed by atoms with Crippen molar-refractivity contribution in [2.24, 2.45) is 11.8 Å². The van der Waals surface area contributed by atoms with Crippen LogP contribution in [0.3, 0.4) is 0 Å². The highest BCUT2D eigenvalue weighted by molar-refractivity contribution is 6.34. The molecule has 3 atom stereocenters. The largest absolute Gasteiger partial charge is 0.497 e. The van der Waals surface area contributed by atoms with E-state index in [1.54, 1.807) is 25.7 Å². The molecule has 18 heteroatoms. The summed E-state index contributed by atoms with van der Waals surface area (Å²) >= 11 is 6.97. The lowest BCUT2D eigenvalue weighted by Gasteiger charge is -2.36. The van der Waals surface area contributed by atoms with Crippen molar-refractivity contribution in [1.29, 1.82) is 0 Å². The number of carbonyl (C=O) groups excluding carboxylic acids is 3. The van der Waals surface area contributed by atoms with Crippen molar-refractivity contribution in [2.75, 3.05) is 70.4 Å². The van der Waals surface area contributed by atoms with Gasteiger partial charge in [0, 0.05) is 60.8 Å². The number of piperidine rings is 1. The molecule has 3 aliphatic rings. The lowest BCUT2D eigenvalue weighted by molar-refractivity contribution is -0.137. The van der Waals surface area contributed by atoms with Crippen LogP contribution in [0.15, 0.2) is 72.8 Å². The third-order valence-electron chi connectivity index (χ3n) is 11.7. The fourth-order valence-corrected chi connectivity index (χ4v) is 8.51. The van der Waals surface area contributed by atoms with E-state index in [2.05, 4.69) is 9.88 Å². The second kappa shape index (κ2) is 17.4. The number of amides is 3. The second-order valence-electron chi connectivity index (χ2n) is 17.1. The zero-order valence-electron chi connectivity index (χ0n) is 36.1. The molecule has 0 bridgehead atoms. The minimum absolute atomic E-state index is 0.0157. The molecule has 0 radical (unpaired) electrons. The van der Waals surface area contributed by atoms with Gasteiger partial charge in [-0.3, -0.25) is 14.5 Å². The van der Waals surface area contributed by atoms with Crippen molar-refractivity contribution in [3.05, 3.63) is 94.5 Å². The number of likely N-dealkylation sites (tertiary alicyclic amines) is 1. The van der Waals surface area contributed by atoms with Crippen LogP contribution >= 0.6 is 11.6 Å². The van der Waals surface area contributed by atoms with Crippen molar-refractivity contribution in [3.8, 4) is 28.8 Å². The van der Waals surface area contributed by atoms with E-state index in [4.69, 9.17) is 40.5 Å². The van der Waals surface area contributed by atoms with Crippen molar-refractivity contribution in [3.63, 3.8) is 0 Å². The molecular formula is C46H47ClF3N7O7. The summed E-state index contributed by atoms with van der Waals surface area (Å²) < 4.78 is 67.4. The van der Waals surface area contributed by atoms with E-state index in [1.807, 2.05) is 11.9 Å². The molecule has 14 nitrogen and oxygen atoms in total. The summed E-state index contributed by atoms with van der Waals surface area (Å²) in [6.07, 6.45) is -4.27. The molecule has 1 saturated carbocycles. The van der Waals surface area contributed by atoms with Gasteiger partial charge in [0.15, 0.2) is 0 Å². The molecule has 2 aromatic heterocycles. The summed E-state index contributed by atoms with van der Waals surface area (Å²) in [5.41, 5.74) is -2.37. The number of fused-ring (bicyclic) bond motifs is 2. The Morgan fingerprint density at radius 1 is 0.828 bits per heavy atom. The van der Waals surface area contributed by atoms with Crippen LogP contribution < -0.4 is 24.0 Å². The van der Waals surface area contributed by atoms with Crippen LogP contribution in [0.2, 0.25) is 5.02 Å². The van der Waals surface area contributed by atoms with Crippen molar-refractivity contribution >= 4 is 52.0 Å². The molecule has 1 aliphatic carbocycles. The quantitative estimate of drug-likeness (QED) is 0.125. The molecule has 5 aromatic rings. The van der Waals surface area contributed by atoms with Gasteiger partial charge in [-0.15, -0.1) is 0 Å². The lowest BCUT2D eigenvalue weighted by Crippen LogP contribution is -2.50. The summed E-state index contributed by atoms with van der Waals surface area (Å²) in [6, 6.07) is 16.6.